The van der Waals surface area contributed by atoms with Crippen molar-refractivity contribution >= 4 is 54.0 Å². The highest BCUT2D eigenvalue weighted by molar-refractivity contribution is 7.04. The summed E-state index contributed by atoms with van der Waals surface area (Å²) in [6.45, 7) is 12.7. The Morgan fingerprint density at radius 2 is 1.04 bits per heavy atom. The van der Waals surface area contributed by atoms with Crippen molar-refractivity contribution in [1.29, 1.82) is 0 Å². The Kier molecular flexibility index (Phi) is 6.68. The van der Waals surface area contributed by atoms with Gasteiger partial charge in [-0.2, -0.15) is 0 Å². The number of nitrogens with zero attached hydrogens (tertiary/aromatic N) is 1. The second kappa shape index (κ2) is 11.1. The van der Waals surface area contributed by atoms with Crippen LogP contribution in [-0.2, 0) is 5.41 Å². The van der Waals surface area contributed by atoms with Gasteiger partial charge in [-0.05, 0) is 157 Å². The lowest BCUT2D eigenvalue weighted by Gasteiger charge is -2.65. The number of benzene rings is 6. The molecule has 2 atom stereocenters. The zero-order chi connectivity index (χ0) is 35.9. The summed E-state index contributed by atoms with van der Waals surface area (Å²) in [5.41, 5.74) is 13.9. The van der Waals surface area contributed by atoms with Crippen molar-refractivity contribution in [3.63, 3.8) is 0 Å². The van der Waals surface area contributed by atoms with Crippen molar-refractivity contribution in [2.45, 2.75) is 64.2 Å². The van der Waals surface area contributed by atoms with E-state index in [0.29, 0.717) is 5.41 Å². The Morgan fingerprint density at radius 1 is 0.472 bits per heavy atom. The van der Waals surface area contributed by atoms with Crippen LogP contribution >= 0.6 is 0 Å². The van der Waals surface area contributed by atoms with E-state index >= 15 is 0 Å². The van der Waals surface area contributed by atoms with Crippen molar-refractivity contribution in [3.05, 3.63) is 139 Å². The van der Waals surface area contributed by atoms with Crippen LogP contribution in [0.2, 0.25) is 26.2 Å². The van der Waals surface area contributed by atoms with Crippen LogP contribution in [0, 0.1) is 23.7 Å². The van der Waals surface area contributed by atoms with E-state index in [-0.39, 0.29) is 0 Å². The molecule has 0 saturated heterocycles. The molecule has 2 aliphatic heterocycles. The Labute approximate surface area is 317 Å². The molecule has 0 N–H and O–H groups in total. The van der Waals surface area contributed by atoms with Gasteiger partial charge in [-0.25, -0.2) is 0 Å². The number of anilines is 3. The van der Waals surface area contributed by atoms with Crippen LogP contribution in [0.1, 0.15) is 38.2 Å². The third kappa shape index (κ3) is 4.53. The summed E-state index contributed by atoms with van der Waals surface area (Å²) in [5.74, 6) is 4.04. The fourth-order valence-electron chi connectivity index (χ4n) is 12.2. The number of hydrogen-bond donors (Lipinski definition) is 0. The number of fused-ring (bicyclic) bond motifs is 6. The zero-order valence-corrected chi connectivity index (χ0v) is 33.8. The SMILES string of the molecule is CC1(c2ccc(N(c3ccc4c(c3)-c3ccccc3[Si]4(C)C)c3ccc4c(c3)[Si](C)(C)c3ccc(-c5ccccc5)cc3-4)cc2)CC2CC3CC(C1)C32. The Morgan fingerprint density at radius 3 is 1.77 bits per heavy atom. The monoisotopic (exact) mass is 719 g/mol. The molecule has 6 aromatic rings. The van der Waals surface area contributed by atoms with Crippen LogP contribution in [0.25, 0.3) is 33.4 Å². The average molecular weight is 720 g/mol. The molecule has 0 spiro atoms. The first-order valence-electron chi connectivity index (χ1n) is 20.1. The standard InChI is InChI=1S/C50H49NSi2/c1-50(30-35-25-34-26-36(31-50)49(34)35)37-16-18-38(19-17-37)51(39-21-24-47-44(28-39)41-13-9-10-14-45(41)52(47,2)3)40-20-22-42-43-27-33(32-11-7-6-8-12-32)15-23-46(43)53(4,5)48(42)29-40/h6-24,27-29,34-36,49H,25-26,30-31H2,1-5H3. The van der Waals surface area contributed by atoms with Gasteiger partial charge in [0.1, 0.15) is 16.1 Å². The molecule has 262 valence electrons. The van der Waals surface area contributed by atoms with Crippen LogP contribution in [0.4, 0.5) is 17.1 Å². The maximum absolute atomic E-state index is 2.57. The van der Waals surface area contributed by atoms with Crippen LogP contribution in [0.5, 0.6) is 0 Å². The van der Waals surface area contributed by atoms with E-state index in [1.54, 1.807) is 20.7 Å². The van der Waals surface area contributed by atoms with Crippen molar-refractivity contribution < 1.29 is 0 Å². The van der Waals surface area contributed by atoms with Gasteiger partial charge in [0.15, 0.2) is 0 Å². The maximum atomic E-state index is 2.57. The van der Waals surface area contributed by atoms with Gasteiger partial charge in [0.2, 0.25) is 0 Å². The fraction of sp³-hybridized carbons (Fsp3) is 0.280. The van der Waals surface area contributed by atoms with Gasteiger partial charge < -0.3 is 4.90 Å². The molecule has 53 heavy (non-hydrogen) atoms. The summed E-state index contributed by atoms with van der Waals surface area (Å²) < 4.78 is 0. The molecule has 3 fully saturated rings. The summed E-state index contributed by atoms with van der Waals surface area (Å²) in [4.78, 5) is 2.56. The van der Waals surface area contributed by atoms with E-state index in [4.69, 9.17) is 0 Å². The first-order valence-corrected chi connectivity index (χ1v) is 26.1. The van der Waals surface area contributed by atoms with Crippen molar-refractivity contribution in [3.8, 4) is 33.4 Å². The maximum Gasteiger partial charge on any atom is 0.113 e. The molecule has 2 heterocycles. The highest BCUT2D eigenvalue weighted by Crippen LogP contribution is 2.67. The second-order valence-electron chi connectivity index (χ2n) is 18.6. The Balaban J connectivity index is 1.03. The molecule has 3 saturated carbocycles. The topological polar surface area (TPSA) is 3.24 Å². The smallest absolute Gasteiger partial charge is 0.113 e. The molecular formula is C50H49NSi2. The summed E-state index contributed by atoms with van der Waals surface area (Å²) in [6, 6.07) is 51.9. The van der Waals surface area contributed by atoms with Gasteiger partial charge in [-0.3, -0.25) is 0 Å². The first kappa shape index (κ1) is 32.0. The lowest BCUT2D eigenvalue weighted by molar-refractivity contribution is -0.141. The molecule has 2 unspecified atom stereocenters. The minimum Gasteiger partial charge on any atom is -0.310 e. The highest BCUT2D eigenvalue weighted by atomic mass is 28.3. The average Bonchev–Trinajstić information content (AvgIpc) is 3.52. The van der Waals surface area contributed by atoms with Gasteiger partial charge in [0.25, 0.3) is 0 Å². The molecule has 1 nitrogen and oxygen atoms in total. The first-order chi connectivity index (χ1) is 25.6. The molecule has 0 aromatic heterocycles. The van der Waals surface area contributed by atoms with Gasteiger partial charge >= 0.3 is 0 Å². The van der Waals surface area contributed by atoms with Gasteiger partial charge in [0.05, 0.1) is 0 Å². The second-order valence-corrected chi connectivity index (χ2v) is 27.2. The predicted molar refractivity (Wildman–Crippen MR) is 231 cm³/mol. The molecule has 0 bridgehead atoms. The minimum absolute atomic E-state index is 0.293. The van der Waals surface area contributed by atoms with E-state index < -0.39 is 16.1 Å². The summed E-state index contributed by atoms with van der Waals surface area (Å²) in [5, 5.41) is 6.21. The Hall–Kier alpha value is -4.45. The normalized spacial score (nSPS) is 25.9. The van der Waals surface area contributed by atoms with Crippen molar-refractivity contribution in [2.24, 2.45) is 23.7 Å². The molecular weight excluding hydrogens is 671 g/mol. The number of hydrogen-bond acceptors (Lipinski definition) is 1. The van der Waals surface area contributed by atoms with Crippen molar-refractivity contribution in [1.82, 2.24) is 0 Å². The molecule has 0 radical (unpaired) electrons. The van der Waals surface area contributed by atoms with Crippen LogP contribution in [0.3, 0.4) is 0 Å². The van der Waals surface area contributed by atoms with Crippen LogP contribution < -0.4 is 25.6 Å². The van der Waals surface area contributed by atoms with Gasteiger partial charge in [-0.1, -0.05) is 124 Å². The van der Waals surface area contributed by atoms with Gasteiger partial charge in [0, 0.05) is 17.1 Å². The largest absolute Gasteiger partial charge is 0.310 e. The lowest BCUT2D eigenvalue weighted by atomic mass is 9.39. The number of rotatable bonds is 5. The van der Waals surface area contributed by atoms with Crippen LogP contribution in [0.15, 0.2) is 133 Å². The van der Waals surface area contributed by atoms with E-state index in [2.05, 4.69) is 171 Å². The van der Waals surface area contributed by atoms with E-state index in [9.17, 15) is 0 Å². The lowest BCUT2D eigenvalue weighted by Crippen LogP contribution is -2.58. The zero-order valence-electron chi connectivity index (χ0n) is 31.8. The third-order valence-electron chi connectivity index (χ3n) is 14.9. The highest BCUT2D eigenvalue weighted by Gasteiger charge is 2.59. The van der Waals surface area contributed by atoms with E-state index in [0.717, 1.165) is 23.7 Å². The predicted octanol–water partition coefficient (Wildman–Crippen LogP) is 10.8. The molecule has 6 aromatic carbocycles. The van der Waals surface area contributed by atoms with E-state index in [1.807, 2.05) is 0 Å². The van der Waals surface area contributed by atoms with E-state index in [1.165, 1.54) is 81.7 Å². The fourth-order valence-corrected chi connectivity index (χ4v) is 18.3. The Bertz CT molecular complexity index is 2440. The summed E-state index contributed by atoms with van der Waals surface area (Å²) >= 11 is 0. The molecule has 11 rings (SSSR count). The van der Waals surface area contributed by atoms with Crippen LogP contribution in [-0.4, -0.2) is 16.1 Å². The molecule has 3 heteroatoms. The van der Waals surface area contributed by atoms with Crippen molar-refractivity contribution in [2.75, 3.05) is 4.90 Å². The van der Waals surface area contributed by atoms with Gasteiger partial charge in [-0.15, -0.1) is 0 Å². The summed E-state index contributed by atoms with van der Waals surface area (Å²) in [6.07, 6.45) is 5.71. The molecule has 5 aliphatic rings. The quantitative estimate of drug-likeness (QED) is 0.160. The molecule has 0 amide bonds. The third-order valence-corrected chi connectivity index (χ3v) is 22.1. The minimum atomic E-state index is -1.94. The summed E-state index contributed by atoms with van der Waals surface area (Å²) in [7, 11) is -3.69. The molecule has 3 aliphatic carbocycles.